The van der Waals surface area contributed by atoms with Crippen molar-refractivity contribution in [3.05, 3.63) is 132 Å². The quantitative estimate of drug-likeness (QED) is 0.308. The van der Waals surface area contributed by atoms with Crippen molar-refractivity contribution in [1.82, 2.24) is 0 Å². The van der Waals surface area contributed by atoms with E-state index in [1.54, 1.807) is 0 Å². The molecule has 0 bridgehead atoms. The molecule has 9 rings (SSSR count). The molecule has 6 aliphatic rings. The molecule has 0 spiro atoms. The van der Waals surface area contributed by atoms with Gasteiger partial charge in [-0.25, -0.2) is 0 Å². The molecule has 1 unspecified atom stereocenters. The molecule has 1 aromatic heterocycles. The molecular formula is C40H32O4. The minimum atomic E-state index is -0.307. The molecule has 0 saturated carbocycles. The topological polar surface area (TPSA) is 56.5 Å². The van der Waals surface area contributed by atoms with Crippen molar-refractivity contribution in [2.75, 3.05) is 0 Å². The number of rotatable bonds is 2. The van der Waals surface area contributed by atoms with E-state index < -0.39 is 0 Å². The molecule has 5 aliphatic carbocycles. The third-order valence-corrected chi connectivity index (χ3v) is 10.1. The molecule has 0 amide bonds. The number of carbonyl (C=O) groups is 1. The van der Waals surface area contributed by atoms with Gasteiger partial charge in [0.25, 0.3) is 0 Å². The average molecular weight is 577 g/mol. The molecular weight excluding hydrogens is 544 g/mol. The molecule has 1 atom stereocenters. The Morgan fingerprint density at radius 2 is 1.68 bits per heavy atom. The highest BCUT2D eigenvalue weighted by atomic mass is 16.5. The second kappa shape index (κ2) is 9.92. The van der Waals surface area contributed by atoms with Crippen LogP contribution in [-0.2, 0) is 16.0 Å². The maximum atomic E-state index is 13.7. The largest absolute Gasteiger partial charge is 0.481 e. The van der Waals surface area contributed by atoms with E-state index in [9.17, 15) is 9.59 Å². The van der Waals surface area contributed by atoms with Gasteiger partial charge < -0.3 is 9.15 Å². The summed E-state index contributed by atoms with van der Waals surface area (Å²) in [5.74, 6) is 0.870. The molecule has 3 aromatic rings. The zero-order valence-corrected chi connectivity index (χ0v) is 24.6. The summed E-state index contributed by atoms with van der Waals surface area (Å²) in [6, 6.07) is 12.8. The molecule has 0 radical (unpaired) electrons. The Hall–Kier alpha value is -4.70. The first-order chi connectivity index (χ1) is 21.6. The van der Waals surface area contributed by atoms with Crippen molar-refractivity contribution in [1.29, 1.82) is 0 Å². The minimum absolute atomic E-state index is 0.0824. The van der Waals surface area contributed by atoms with Gasteiger partial charge in [0, 0.05) is 5.57 Å². The normalized spacial score (nSPS) is 21.9. The van der Waals surface area contributed by atoms with Crippen molar-refractivity contribution in [2.45, 2.75) is 63.9 Å². The van der Waals surface area contributed by atoms with Gasteiger partial charge in [-0.05, 0) is 127 Å². The number of Topliss-reactive ketones (excluding diaryl/α,β-unsaturated/α-hetero) is 1. The zero-order chi connectivity index (χ0) is 29.4. The minimum Gasteiger partial charge on any atom is -0.481 e. The Balaban J connectivity index is 1.10. The Kier molecular flexibility index (Phi) is 5.81. The number of carbonyl (C=O) groups excluding carboxylic acids is 1. The fourth-order valence-corrected chi connectivity index (χ4v) is 7.99. The third-order valence-electron chi connectivity index (χ3n) is 10.1. The van der Waals surface area contributed by atoms with Crippen LogP contribution >= 0.6 is 0 Å². The lowest BCUT2D eigenvalue weighted by atomic mass is 9.76. The highest BCUT2D eigenvalue weighted by Gasteiger charge is 2.37. The lowest BCUT2D eigenvalue weighted by Crippen LogP contribution is -2.40. The van der Waals surface area contributed by atoms with E-state index in [1.807, 2.05) is 36.4 Å². The van der Waals surface area contributed by atoms with Crippen LogP contribution in [0.4, 0.5) is 0 Å². The average Bonchev–Trinajstić information content (AvgIpc) is 3.07. The maximum absolute atomic E-state index is 13.7. The van der Waals surface area contributed by atoms with Crippen LogP contribution in [0, 0.1) is 0 Å². The number of allylic oxidation sites excluding steroid dienone is 9. The number of ketones is 1. The summed E-state index contributed by atoms with van der Waals surface area (Å²) >= 11 is 0. The molecule has 4 nitrogen and oxygen atoms in total. The van der Waals surface area contributed by atoms with E-state index in [-0.39, 0.29) is 17.3 Å². The number of fused-ring (bicyclic) bond motifs is 6. The summed E-state index contributed by atoms with van der Waals surface area (Å²) in [7, 11) is 0. The van der Waals surface area contributed by atoms with Crippen molar-refractivity contribution in [2.24, 2.45) is 0 Å². The van der Waals surface area contributed by atoms with E-state index in [0.29, 0.717) is 21.6 Å². The van der Waals surface area contributed by atoms with Crippen molar-refractivity contribution in [3.63, 3.8) is 0 Å². The van der Waals surface area contributed by atoms with Crippen LogP contribution in [0.5, 0.6) is 0 Å². The summed E-state index contributed by atoms with van der Waals surface area (Å²) in [5.41, 5.74) is 12.9. The van der Waals surface area contributed by atoms with Crippen LogP contribution in [0.15, 0.2) is 98.5 Å². The summed E-state index contributed by atoms with van der Waals surface area (Å²) < 4.78 is 12.5. The van der Waals surface area contributed by atoms with Gasteiger partial charge in [0.15, 0.2) is 5.78 Å². The van der Waals surface area contributed by atoms with Gasteiger partial charge >= 0.3 is 0 Å². The Bertz CT molecular complexity index is 2210. The first kappa shape index (κ1) is 25.8. The van der Waals surface area contributed by atoms with Crippen molar-refractivity contribution >= 4 is 45.6 Å². The number of hydrogen-bond donors (Lipinski definition) is 0. The van der Waals surface area contributed by atoms with Gasteiger partial charge in [-0.1, -0.05) is 54.6 Å². The predicted molar refractivity (Wildman–Crippen MR) is 175 cm³/mol. The molecule has 1 saturated heterocycles. The second-order valence-corrected chi connectivity index (χ2v) is 12.6. The first-order valence-electron chi connectivity index (χ1n) is 16.0. The summed E-state index contributed by atoms with van der Waals surface area (Å²) in [6.45, 7) is 0. The van der Waals surface area contributed by atoms with Gasteiger partial charge in [-0.3, -0.25) is 9.59 Å². The zero-order valence-electron chi connectivity index (χ0n) is 24.6. The molecule has 1 fully saturated rings. The van der Waals surface area contributed by atoms with Crippen LogP contribution in [0.25, 0.3) is 39.8 Å². The van der Waals surface area contributed by atoms with Crippen LogP contribution in [0.1, 0.15) is 73.6 Å². The fraction of sp³-hybridized carbons (Fsp3) is 0.250. The van der Waals surface area contributed by atoms with Gasteiger partial charge in [-0.15, -0.1) is 0 Å². The lowest BCUT2D eigenvalue weighted by molar-refractivity contribution is -0.114. The van der Waals surface area contributed by atoms with E-state index in [2.05, 4.69) is 42.5 Å². The SMILES string of the molecule is O=C1C2=CCCC=C2OC2C=CCC(c3ccc4c(c3)CCC3=C4CCC(c4cccc5oc6c(c(=O)c45)=CCCC=6)=C3)=C12. The van der Waals surface area contributed by atoms with Gasteiger partial charge in [0.1, 0.15) is 22.9 Å². The van der Waals surface area contributed by atoms with Gasteiger partial charge in [-0.2, -0.15) is 0 Å². The molecule has 44 heavy (non-hydrogen) atoms. The highest BCUT2D eigenvalue weighted by molar-refractivity contribution is 6.17. The van der Waals surface area contributed by atoms with E-state index in [1.165, 1.54) is 27.8 Å². The van der Waals surface area contributed by atoms with Crippen LogP contribution < -0.4 is 16.1 Å². The standard InChI is InChI=1S/C40H32O4/c41-39-31-7-1-3-11-33(31)43-35-13-5-9-29(37(35)39)25-17-19-27-23(21-25)15-16-24-22-26(18-20-28(24)27)30-10-6-14-36-38(30)40(42)32-8-2-4-12-34(32)44-36/h5-9,11-14,18,20-22,36H,1-4,10,15-17,19H2. The van der Waals surface area contributed by atoms with Gasteiger partial charge in [0.05, 0.1) is 16.2 Å². The van der Waals surface area contributed by atoms with E-state index in [0.717, 1.165) is 91.4 Å². The third kappa shape index (κ3) is 3.90. The molecule has 2 aromatic carbocycles. The number of ether oxygens (including phenoxy) is 1. The monoisotopic (exact) mass is 576 g/mol. The lowest BCUT2D eigenvalue weighted by Gasteiger charge is -2.33. The first-order valence-corrected chi connectivity index (χ1v) is 16.0. The molecule has 2 heterocycles. The number of hydrogen-bond acceptors (Lipinski definition) is 4. The van der Waals surface area contributed by atoms with Crippen molar-refractivity contribution in [3.8, 4) is 0 Å². The van der Waals surface area contributed by atoms with Gasteiger partial charge in [0.2, 0.25) is 5.43 Å². The van der Waals surface area contributed by atoms with E-state index >= 15 is 0 Å². The van der Waals surface area contributed by atoms with Crippen LogP contribution in [0.3, 0.4) is 0 Å². The summed E-state index contributed by atoms with van der Waals surface area (Å²) in [6.07, 6.45) is 22.4. The molecule has 1 aliphatic heterocycles. The second-order valence-electron chi connectivity index (χ2n) is 12.6. The molecule has 4 heteroatoms. The number of aryl methyl sites for hydroxylation is 1. The molecule has 0 N–H and O–H groups in total. The Morgan fingerprint density at radius 1 is 0.795 bits per heavy atom. The Morgan fingerprint density at radius 3 is 2.64 bits per heavy atom. The fourth-order valence-electron chi connectivity index (χ4n) is 7.99. The van der Waals surface area contributed by atoms with Crippen LogP contribution in [-0.4, -0.2) is 11.9 Å². The summed E-state index contributed by atoms with van der Waals surface area (Å²) in [5, 5.41) is 1.41. The van der Waals surface area contributed by atoms with Crippen molar-refractivity contribution < 1.29 is 13.9 Å². The predicted octanol–water partition coefficient (Wildman–Crippen LogP) is 7.01. The maximum Gasteiger partial charge on any atom is 0.200 e. The summed E-state index contributed by atoms with van der Waals surface area (Å²) in [4.78, 5) is 27.3. The molecule has 216 valence electrons. The van der Waals surface area contributed by atoms with Crippen LogP contribution in [0.2, 0.25) is 0 Å². The van der Waals surface area contributed by atoms with E-state index in [4.69, 9.17) is 9.15 Å². The number of benzene rings is 2. The smallest absolute Gasteiger partial charge is 0.200 e. The Labute approximate surface area is 255 Å². The highest BCUT2D eigenvalue weighted by Crippen LogP contribution is 2.45.